The number of hydrogen-bond acceptors (Lipinski definition) is 2. The van der Waals surface area contributed by atoms with Crippen molar-refractivity contribution in [2.75, 3.05) is 5.32 Å². The van der Waals surface area contributed by atoms with Crippen molar-refractivity contribution in [3.05, 3.63) is 64.2 Å². The first-order valence-corrected chi connectivity index (χ1v) is 8.50. The molecule has 0 aliphatic carbocycles. The molecule has 0 aliphatic heterocycles. The zero-order valence-corrected chi connectivity index (χ0v) is 15.4. The summed E-state index contributed by atoms with van der Waals surface area (Å²) in [6.07, 6.45) is -4.57. The number of anilines is 1. The lowest BCUT2D eigenvalue weighted by Crippen LogP contribution is -2.31. The minimum Gasteiger partial charge on any atom is -0.350 e. The van der Waals surface area contributed by atoms with E-state index in [2.05, 4.69) is 10.6 Å². The quantitative estimate of drug-likeness (QED) is 0.768. The summed E-state index contributed by atoms with van der Waals surface area (Å²) in [5.41, 5.74) is 0.108. The predicted octanol–water partition coefficient (Wildman–Crippen LogP) is 4.68. The lowest BCUT2D eigenvalue weighted by Gasteiger charge is -2.14. The van der Waals surface area contributed by atoms with Crippen LogP contribution in [-0.2, 0) is 17.4 Å². The second-order valence-corrected chi connectivity index (χ2v) is 6.67. The highest BCUT2D eigenvalue weighted by Crippen LogP contribution is 2.29. The Bertz CT molecular complexity index is 834. The van der Waals surface area contributed by atoms with Gasteiger partial charge in [-0.3, -0.25) is 9.59 Å². The first-order valence-electron chi connectivity index (χ1n) is 8.12. The summed E-state index contributed by atoms with van der Waals surface area (Å²) in [5.74, 6) is -0.845. The lowest BCUT2D eigenvalue weighted by atomic mass is 10.1. The van der Waals surface area contributed by atoms with Crippen molar-refractivity contribution in [3.63, 3.8) is 0 Å². The molecule has 2 aromatic rings. The molecule has 2 rings (SSSR count). The Morgan fingerprint density at radius 1 is 1.07 bits per heavy atom. The molecule has 27 heavy (non-hydrogen) atoms. The van der Waals surface area contributed by atoms with E-state index < -0.39 is 17.6 Å². The van der Waals surface area contributed by atoms with Crippen LogP contribution in [0.15, 0.2) is 42.5 Å². The molecule has 0 unspecified atom stereocenters. The number of alkyl halides is 3. The molecule has 0 aliphatic rings. The van der Waals surface area contributed by atoms with Crippen LogP contribution in [0.1, 0.15) is 35.3 Å². The number of amides is 2. The van der Waals surface area contributed by atoms with E-state index in [0.29, 0.717) is 10.6 Å². The Morgan fingerprint density at radius 2 is 1.70 bits per heavy atom. The number of carbonyl (C=O) groups is 2. The van der Waals surface area contributed by atoms with Crippen LogP contribution < -0.4 is 10.6 Å². The Hall–Kier alpha value is -2.54. The van der Waals surface area contributed by atoms with Gasteiger partial charge in [-0.1, -0.05) is 23.7 Å². The number of halogens is 4. The number of nitrogens with one attached hydrogen (secondary N) is 2. The van der Waals surface area contributed by atoms with Crippen LogP contribution in [0, 0.1) is 0 Å². The monoisotopic (exact) mass is 398 g/mol. The Kier molecular flexibility index (Phi) is 6.49. The minimum atomic E-state index is -4.43. The van der Waals surface area contributed by atoms with Gasteiger partial charge in [0.05, 0.1) is 23.2 Å². The largest absolute Gasteiger partial charge is 0.416 e. The zero-order valence-electron chi connectivity index (χ0n) is 14.7. The number of benzene rings is 2. The van der Waals surface area contributed by atoms with Crippen LogP contribution in [0.25, 0.3) is 0 Å². The van der Waals surface area contributed by atoms with Gasteiger partial charge in [-0.25, -0.2) is 0 Å². The molecule has 0 atom stereocenters. The summed E-state index contributed by atoms with van der Waals surface area (Å²) < 4.78 is 37.8. The van der Waals surface area contributed by atoms with E-state index in [1.54, 1.807) is 13.8 Å². The van der Waals surface area contributed by atoms with Crippen molar-refractivity contribution >= 4 is 29.1 Å². The molecule has 4 nitrogen and oxygen atoms in total. The summed E-state index contributed by atoms with van der Waals surface area (Å²) >= 11 is 5.94. The van der Waals surface area contributed by atoms with Crippen LogP contribution in [0.4, 0.5) is 18.9 Å². The molecule has 144 valence electrons. The van der Waals surface area contributed by atoms with Gasteiger partial charge in [0.2, 0.25) is 5.91 Å². The first-order chi connectivity index (χ1) is 12.6. The molecule has 2 N–H and O–H groups in total. The fourth-order valence-corrected chi connectivity index (χ4v) is 2.52. The fraction of sp³-hybridized carbons (Fsp3) is 0.263. The Morgan fingerprint density at radius 3 is 2.26 bits per heavy atom. The standard InChI is InChI=1S/C19H18ClF3N2O2/c1-11(2)24-18(27)15-8-7-14(20)10-16(15)25-17(26)9-12-3-5-13(6-4-12)19(21,22)23/h3-8,10-11H,9H2,1-2H3,(H,24,27)(H,25,26). The molecule has 0 saturated carbocycles. The molecule has 0 fully saturated rings. The van der Waals surface area contributed by atoms with E-state index in [0.717, 1.165) is 12.1 Å². The van der Waals surface area contributed by atoms with Gasteiger partial charge >= 0.3 is 6.18 Å². The minimum absolute atomic E-state index is 0.0936. The van der Waals surface area contributed by atoms with Crippen LogP contribution >= 0.6 is 11.6 Å². The van der Waals surface area contributed by atoms with E-state index in [1.165, 1.54) is 30.3 Å². The third-order valence-electron chi connectivity index (χ3n) is 3.57. The molecular weight excluding hydrogens is 381 g/mol. The van der Waals surface area contributed by atoms with E-state index in [9.17, 15) is 22.8 Å². The van der Waals surface area contributed by atoms with Crippen molar-refractivity contribution in [2.45, 2.75) is 32.5 Å². The molecule has 2 aromatic carbocycles. The highest BCUT2D eigenvalue weighted by molar-refractivity contribution is 6.31. The number of rotatable bonds is 5. The Balaban J connectivity index is 2.13. The maximum absolute atomic E-state index is 12.6. The number of hydrogen-bond donors (Lipinski definition) is 2. The zero-order chi connectivity index (χ0) is 20.2. The van der Waals surface area contributed by atoms with Crippen LogP contribution in [0.5, 0.6) is 0 Å². The topological polar surface area (TPSA) is 58.2 Å². The summed E-state index contributed by atoms with van der Waals surface area (Å²) in [7, 11) is 0. The summed E-state index contributed by atoms with van der Waals surface area (Å²) in [5, 5.41) is 5.65. The second kappa shape index (κ2) is 8.43. The van der Waals surface area contributed by atoms with Crippen molar-refractivity contribution in [3.8, 4) is 0 Å². The normalized spacial score (nSPS) is 11.4. The van der Waals surface area contributed by atoms with Gasteiger partial charge in [-0.15, -0.1) is 0 Å². The van der Waals surface area contributed by atoms with Gasteiger partial charge in [0.15, 0.2) is 0 Å². The highest BCUT2D eigenvalue weighted by atomic mass is 35.5. The smallest absolute Gasteiger partial charge is 0.350 e. The average Bonchev–Trinajstić information content (AvgIpc) is 2.53. The van der Waals surface area contributed by atoms with Crippen LogP contribution in [-0.4, -0.2) is 17.9 Å². The summed E-state index contributed by atoms with van der Waals surface area (Å²) in [4.78, 5) is 24.5. The molecule has 0 radical (unpaired) electrons. The molecular formula is C19H18ClF3N2O2. The van der Waals surface area contributed by atoms with Gasteiger partial charge in [0.1, 0.15) is 0 Å². The highest BCUT2D eigenvalue weighted by Gasteiger charge is 2.30. The molecule has 2 amide bonds. The molecule has 0 spiro atoms. The van der Waals surface area contributed by atoms with Crippen molar-refractivity contribution < 1.29 is 22.8 Å². The molecule has 0 heterocycles. The third-order valence-corrected chi connectivity index (χ3v) is 3.80. The second-order valence-electron chi connectivity index (χ2n) is 6.24. The predicted molar refractivity (Wildman–Crippen MR) is 97.8 cm³/mol. The lowest BCUT2D eigenvalue weighted by molar-refractivity contribution is -0.137. The average molecular weight is 399 g/mol. The van der Waals surface area contributed by atoms with Crippen molar-refractivity contribution in [1.29, 1.82) is 0 Å². The molecule has 8 heteroatoms. The van der Waals surface area contributed by atoms with Gasteiger partial charge < -0.3 is 10.6 Å². The van der Waals surface area contributed by atoms with Gasteiger partial charge in [0, 0.05) is 11.1 Å². The Labute approximate surface area is 159 Å². The SMILES string of the molecule is CC(C)NC(=O)c1ccc(Cl)cc1NC(=O)Cc1ccc(C(F)(F)F)cc1. The van der Waals surface area contributed by atoms with E-state index >= 15 is 0 Å². The molecule has 0 saturated heterocycles. The summed E-state index contributed by atoms with van der Waals surface area (Å²) in [6.45, 7) is 3.60. The maximum Gasteiger partial charge on any atom is 0.416 e. The molecule has 0 bridgehead atoms. The van der Waals surface area contributed by atoms with Crippen LogP contribution in [0.2, 0.25) is 5.02 Å². The van der Waals surface area contributed by atoms with Crippen molar-refractivity contribution in [1.82, 2.24) is 5.32 Å². The third kappa shape index (κ3) is 5.99. The van der Waals surface area contributed by atoms with E-state index in [-0.39, 0.29) is 29.6 Å². The maximum atomic E-state index is 12.6. The van der Waals surface area contributed by atoms with Crippen LogP contribution in [0.3, 0.4) is 0 Å². The summed E-state index contributed by atoms with van der Waals surface area (Å²) in [6, 6.07) is 8.70. The number of carbonyl (C=O) groups excluding carboxylic acids is 2. The fourth-order valence-electron chi connectivity index (χ4n) is 2.35. The molecule has 0 aromatic heterocycles. The van der Waals surface area contributed by atoms with Gasteiger partial charge in [0.25, 0.3) is 5.91 Å². The van der Waals surface area contributed by atoms with Gasteiger partial charge in [-0.2, -0.15) is 13.2 Å². The van der Waals surface area contributed by atoms with E-state index in [4.69, 9.17) is 11.6 Å². The van der Waals surface area contributed by atoms with E-state index in [1.807, 2.05) is 0 Å². The van der Waals surface area contributed by atoms with Gasteiger partial charge in [-0.05, 0) is 49.7 Å². The van der Waals surface area contributed by atoms with Crippen molar-refractivity contribution in [2.24, 2.45) is 0 Å². The first kappa shape index (κ1) is 20.8.